The Kier molecular flexibility index (Phi) is 3.78. The highest BCUT2D eigenvalue weighted by Crippen LogP contribution is 2.45. The fourth-order valence-corrected chi connectivity index (χ4v) is 2.05. The summed E-state index contributed by atoms with van der Waals surface area (Å²) in [6.07, 6.45) is 1.50. The van der Waals surface area contributed by atoms with Crippen LogP contribution in [0.5, 0.6) is 5.75 Å². The lowest BCUT2D eigenvalue weighted by molar-refractivity contribution is -0.127. The number of hydrogen-bond acceptors (Lipinski definition) is 3. The highest BCUT2D eigenvalue weighted by molar-refractivity contribution is 6.30. The van der Waals surface area contributed by atoms with Gasteiger partial charge < -0.3 is 15.2 Å². The first-order chi connectivity index (χ1) is 8.61. The van der Waals surface area contributed by atoms with Gasteiger partial charge in [-0.2, -0.15) is 0 Å². The number of carbonyl (C=O) groups excluding carboxylic acids is 1. The van der Waals surface area contributed by atoms with E-state index in [1.54, 1.807) is 25.3 Å². The Hall–Kier alpha value is -1.26. The first-order valence-electron chi connectivity index (χ1n) is 5.83. The number of nitrogens with one attached hydrogen (secondary N) is 1. The largest absolute Gasteiger partial charge is 0.496 e. The van der Waals surface area contributed by atoms with Crippen LogP contribution in [-0.2, 0) is 11.3 Å². The second-order valence-electron chi connectivity index (χ2n) is 4.58. The van der Waals surface area contributed by atoms with Crippen LogP contribution in [0.3, 0.4) is 0 Å². The summed E-state index contributed by atoms with van der Waals surface area (Å²) in [5.74, 6) is 0.584. The summed E-state index contributed by atoms with van der Waals surface area (Å²) < 4.78 is 5.20. The van der Waals surface area contributed by atoms with Gasteiger partial charge >= 0.3 is 0 Å². The Labute approximate surface area is 111 Å². The highest BCUT2D eigenvalue weighted by atomic mass is 35.5. The molecule has 0 unspecified atom stereocenters. The van der Waals surface area contributed by atoms with Crippen LogP contribution >= 0.6 is 11.6 Å². The number of hydrogen-bond donors (Lipinski definition) is 2. The van der Waals surface area contributed by atoms with Crippen molar-refractivity contribution in [3.05, 3.63) is 28.8 Å². The van der Waals surface area contributed by atoms with E-state index in [1.807, 2.05) is 0 Å². The molecule has 2 N–H and O–H groups in total. The van der Waals surface area contributed by atoms with Crippen LogP contribution < -0.4 is 10.1 Å². The van der Waals surface area contributed by atoms with E-state index in [9.17, 15) is 4.79 Å². The topological polar surface area (TPSA) is 58.6 Å². The van der Waals surface area contributed by atoms with E-state index < -0.39 is 5.41 Å². The van der Waals surface area contributed by atoms with Gasteiger partial charge in [0.15, 0.2) is 0 Å². The Balaban J connectivity index is 2.02. The van der Waals surface area contributed by atoms with E-state index in [-0.39, 0.29) is 12.5 Å². The van der Waals surface area contributed by atoms with Crippen molar-refractivity contribution in [2.45, 2.75) is 19.4 Å². The van der Waals surface area contributed by atoms with Crippen molar-refractivity contribution >= 4 is 17.5 Å². The van der Waals surface area contributed by atoms with Crippen LogP contribution in [0.2, 0.25) is 5.02 Å². The van der Waals surface area contributed by atoms with Gasteiger partial charge in [-0.3, -0.25) is 4.79 Å². The normalized spacial score (nSPS) is 16.2. The molecule has 1 fully saturated rings. The van der Waals surface area contributed by atoms with E-state index in [0.717, 1.165) is 18.4 Å². The molecule has 0 saturated heterocycles. The van der Waals surface area contributed by atoms with Gasteiger partial charge in [-0.25, -0.2) is 0 Å². The summed E-state index contributed by atoms with van der Waals surface area (Å²) >= 11 is 5.91. The Morgan fingerprint density at radius 1 is 1.56 bits per heavy atom. The second kappa shape index (κ2) is 5.16. The second-order valence-corrected chi connectivity index (χ2v) is 5.01. The molecule has 0 bridgehead atoms. The molecule has 0 aromatic heterocycles. The zero-order chi connectivity index (χ0) is 13.2. The summed E-state index contributed by atoms with van der Waals surface area (Å²) in [4.78, 5) is 11.9. The van der Waals surface area contributed by atoms with Gasteiger partial charge in [0.2, 0.25) is 5.91 Å². The van der Waals surface area contributed by atoms with Gasteiger partial charge in [-0.15, -0.1) is 0 Å². The molecule has 0 radical (unpaired) electrons. The average molecular weight is 270 g/mol. The Bertz CT molecular complexity index is 458. The zero-order valence-corrected chi connectivity index (χ0v) is 11.0. The monoisotopic (exact) mass is 269 g/mol. The highest BCUT2D eigenvalue weighted by Gasteiger charge is 2.49. The number of methoxy groups -OCH3 is 1. The van der Waals surface area contributed by atoms with Gasteiger partial charge in [0.1, 0.15) is 5.75 Å². The molecule has 1 aromatic rings. The molecule has 1 aliphatic rings. The number of rotatable bonds is 5. The van der Waals surface area contributed by atoms with Gasteiger partial charge in [-0.05, 0) is 31.0 Å². The lowest BCUT2D eigenvalue weighted by Crippen LogP contribution is -2.33. The van der Waals surface area contributed by atoms with Crippen molar-refractivity contribution in [2.75, 3.05) is 13.7 Å². The van der Waals surface area contributed by atoms with E-state index in [0.29, 0.717) is 17.3 Å². The van der Waals surface area contributed by atoms with Crippen molar-refractivity contribution < 1.29 is 14.6 Å². The van der Waals surface area contributed by atoms with E-state index >= 15 is 0 Å². The van der Waals surface area contributed by atoms with E-state index in [2.05, 4.69) is 5.32 Å². The minimum absolute atomic E-state index is 0.0918. The molecule has 0 heterocycles. The third-order valence-electron chi connectivity index (χ3n) is 3.32. The lowest BCUT2D eigenvalue weighted by atomic mass is 10.1. The van der Waals surface area contributed by atoms with Gasteiger partial charge in [0.25, 0.3) is 0 Å². The Morgan fingerprint density at radius 2 is 2.28 bits per heavy atom. The molecule has 5 heteroatoms. The van der Waals surface area contributed by atoms with E-state index in [1.165, 1.54) is 0 Å². The number of halogens is 1. The number of carbonyl (C=O) groups is 1. The minimum Gasteiger partial charge on any atom is -0.496 e. The van der Waals surface area contributed by atoms with Crippen molar-refractivity contribution in [3.8, 4) is 5.75 Å². The maximum absolute atomic E-state index is 11.9. The summed E-state index contributed by atoms with van der Waals surface area (Å²) in [5.41, 5.74) is 0.276. The van der Waals surface area contributed by atoms with Crippen molar-refractivity contribution in [1.82, 2.24) is 5.32 Å². The molecule has 0 atom stereocenters. The maximum atomic E-state index is 11.9. The van der Waals surface area contributed by atoms with Crippen LogP contribution in [0.4, 0.5) is 0 Å². The summed E-state index contributed by atoms with van der Waals surface area (Å²) in [5, 5.41) is 12.6. The molecular weight excluding hydrogens is 254 g/mol. The van der Waals surface area contributed by atoms with Crippen LogP contribution in [-0.4, -0.2) is 24.7 Å². The SMILES string of the molecule is COc1ccc(Cl)cc1CNC(=O)C1(CO)CC1. The lowest BCUT2D eigenvalue weighted by Gasteiger charge is -2.14. The fraction of sp³-hybridized carbons (Fsp3) is 0.462. The molecule has 1 aromatic carbocycles. The number of amides is 1. The van der Waals surface area contributed by atoms with E-state index in [4.69, 9.17) is 21.4 Å². The fourth-order valence-electron chi connectivity index (χ4n) is 1.86. The first-order valence-corrected chi connectivity index (χ1v) is 6.21. The minimum atomic E-state index is -0.550. The molecule has 0 aliphatic heterocycles. The molecule has 18 heavy (non-hydrogen) atoms. The number of ether oxygens (including phenoxy) is 1. The zero-order valence-electron chi connectivity index (χ0n) is 10.2. The van der Waals surface area contributed by atoms with Crippen LogP contribution in [0.25, 0.3) is 0 Å². The van der Waals surface area contributed by atoms with Gasteiger partial charge in [-0.1, -0.05) is 11.6 Å². The molecule has 0 spiro atoms. The molecule has 1 aliphatic carbocycles. The summed E-state index contributed by atoms with van der Waals surface area (Å²) in [6, 6.07) is 5.27. The van der Waals surface area contributed by atoms with Crippen molar-refractivity contribution in [2.24, 2.45) is 5.41 Å². The number of benzene rings is 1. The average Bonchev–Trinajstić information content (AvgIpc) is 3.17. The summed E-state index contributed by atoms with van der Waals surface area (Å²) in [6.45, 7) is 0.260. The number of aliphatic hydroxyl groups is 1. The predicted octanol–water partition coefficient (Wildman–Crippen LogP) is 1.74. The third-order valence-corrected chi connectivity index (χ3v) is 3.55. The molecule has 98 valence electrons. The Morgan fingerprint density at radius 3 is 2.83 bits per heavy atom. The molecular formula is C13H16ClNO3. The predicted molar refractivity (Wildman–Crippen MR) is 68.6 cm³/mol. The van der Waals surface area contributed by atoms with Gasteiger partial charge in [0, 0.05) is 17.1 Å². The third kappa shape index (κ3) is 2.60. The van der Waals surface area contributed by atoms with Crippen LogP contribution in [0, 0.1) is 5.41 Å². The number of aliphatic hydroxyl groups excluding tert-OH is 1. The molecule has 2 rings (SSSR count). The van der Waals surface area contributed by atoms with Crippen LogP contribution in [0.15, 0.2) is 18.2 Å². The van der Waals surface area contributed by atoms with Crippen molar-refractivity contribution in [3.63, 3.8) is 0 Å². The van der Waals surface area contributed by atoms with Crippen molar-refractivity contribution in [1.29, 1.82) is 0 Å². The maximum Gasteiger partial charge on any atom is 0.228 e. The standard InChI is InChI=1S/C13H16ClNO3/c1-18-11-3-2-10(14)6-9(11)7-15-12(17)13(8-16)4-5-13/h2-3,6,16H,4-5,7-8H2,1H3,(H,15,17). The quantitative estimate of drug-likeness (QED) is 0.856. The van der Waals surface area contributed by atoms with Gasteiger partial charge in [0.05, 0.1) is 19.1 Å². The van der Waals surface area contributed by atoms with Crippen LogP contribution in [0.1, 0.15) is 18.4 Å². The molecule has 4 nitrogen and oxygen atoms in total. The molecule has 1 saturated carbocycles. The molecule has 1 amide bonds. The smallest absolute Gasteiger partial charge is 0.228 e. The summed E-state index contributed by atoms with van der Waals surface area (Å²) in [7, 11) is 1.57. The first kappa shape index (κ1) is 13.2.